The number of rotatable bonds is 2. The van der Waals surface area contributed by atoms with Crippen LogP contribution in [0.1, 0.15) is 23.7 Å². The molecule has 0 saturated carbocycles. The van der Waals surface area contributed by atoms with E-state index >= 15 is 0 Å². The van der Waals surface area contributed by atoms with Gasteiger partial charge in [-0.1, -0.05) is 6.92 Å². The molecule has 0 aliphatic heterocycles. The van der Waals surface area contributed by atoms with Crippen LogP contribution in [0.4, 0.5) is 5.69 Å². The van der Waals surface area contributed by atoms with Gasteiger partial charge in [-0.15, -0.1) is 12.6 Å². The van der Waals surface area contributed by atoms with Crippen molar-refractivity contribution in [1.82, 2.24) is 0 Å². The fourth-order valence-corrected chi connectivity index (χ4v) is 1.32. The Balaban J connectivity index is 3.09. The third-order valence-electron chi connectivity index (χ3n) is 1.64. The summed E-state index contributed by atoms with van der Waals surface area (Å²) in [6.45, 7) is 1.83. The van der Waals surface area contributed by atoms with Crippen LogP contribution in [-0.4, -0.2) is 5.78 Å². The van der Waals surface area contributed by atoms with Gasteiger partial charge < -0.3 is 5.73 Å². The van der Waals surface area contributed by atoms with Crippen molar-refractivity contribution in [3.8, 4) is 0 Å². The van der Waals surface area contributed by atoms with Gasteiger partial charge in [0.05, 0.1) is 0 Å². The minimum Gasteiger partial charge on any atom is -0.399 e. The molecule has 3 heteroatoms. The zero-order valence-electron chi connectivity index (χ0n) is 6.87. The maximum Gasteiger partial charge on any atom is 0.163 e. The van der Waals surface area contributed by atoms with Crippen molar-refractivity contribution in [2.75, 3.05) is 5.73 Å². The normalized spacial score (nSPS) is 9.83. The first-order valence-electron chi connectivity index (χ1n) is 3.77. The van der Waals surface area contributed by atoms with Crippen molar-refractivity contribution in [3.05, 3.63) is 23.8 Å². The summed E-state index contributed by atoms with van der Waals surface area (Å²) >= 11 is 4.16. The number of nitrogens with two attached hydrogens (primary N) is 1. The number of carbonyl (C=O) groups excluding carboxylic acids is 1. The number of hydrogen-bond acceptors (Lipinski definition) is 3. The molecule has 0 atom stereocenters. The van der Waals surface area contributed by atoms with Gasteiger partial charge in [-0.25, -0.2) is 0 Å². The van der Waals surface area contributed by atoms with E-state index < -0.39 is 0 Å². The van der Waals surface area contributed by atoms with Crippen LogP contribution in [0.5, 0.6) is 0 Å². The van der Waals surface area contributed by atoms with Crippen LogP contribution in [-0.2, 0) is 0 Å². The lowest BCUT2D eigenvalue weighted by Gasteiger charge is -2.02. The molecule has 0 aromatic heterocycles. The lowest BCUT2D eigenvalue weighted by Crippen LogP contribution is -1.98. The van der Waals surface area contributed by atoms with E-state index in [9.17, 15) is 4.79 Å². The molecule has 1 aromatic carbocycles. The van der Waals surface area contributed by atoms with E-state index in [1.165, 1.54) is 0 Å². The van der Waals surface area contributed by atoms with Gasteiger partial charge >= 0.3 is 0 Å². The van der Waals surface area contributed by atoms with Crippen molar-refractivity contribution in [1.29, 1.82) is 0 Å². The Morgan fingerprint density at radius 3 is 2.75 bits per heavy atom. The summed E-state index contributed by atoms with van der Waals surface area (Å²) in [6, 6.07) is 5.11. The molecule has 1 rings (SSSR count). The molecule has 64 valence electrons. The van der Waals surface area contributed by atoms with Gasteiger partial charge in [-0.05, 0) is 18.2 Å². The fraction of sp³-hybridized carbons (Fsp3) is 0.222. The Bertz CT molecular complexity index is 309. The maximum atomic E-state index is 11.3. The van der Waals surface area contributed by atoms with Crippen molar-refractivity contribution in [2.24, 2.45) is 0 Å². The second-order valence-electron chi connectivity index (χ2n) is 2.55. The predicted molar refractivity (Wildman–Crippen MR) is 52.7 cm³/mol. The number of carbonyl (C=O) groups is 1. The molecule has 12 heavy (non-hydrogen) atoms. The van der Waals surface area contributed by atoms with E-state index in [0.29, 0.717) is 22.6 Å². The number of hydrogen-bond donors (Lipinski definition) is 2. The zero-order chi connectivity index (χ0) is 9.14. The second-order valence-corrected chi connectivity index (χ2v) is 3.04. The first-order chi connectivity index (χ1) is 5.65. The lowest BCUT2D eigenvalue weighted by atomic mass is 10.1. The molecule has 2 nitrogen and oxygen atoms in total. The molecule has 0 bridgehead atoms. The van der Waals surface area contributed by atoms with Gasteiger partial charge in [0.15, 0.2) is 5.78 Å². The Morgan fingerprint density at radius 2 is 2.25 bits per heavy atom. The summed E-state index contributed by atoms with van der Waals surface area (Å²) in [7, 11) is 0. The maximum absolute atomic E-state index is 11.3. The van der Waals surface area contributed by atoms with Gasteiger partial charge in [0.1, 0.15) is 0 Å². The van der Waals surface area contributed by atoms with Crippen molar-refractivity contribution in [2.45, 2.75) is 18.2 Å². The Kier molecular flexibility index (Phi) is 2.76. The standard InChI is InChI=1S/C9H11NOS/c1-2-8(11)7-4-3-6(10)5-9(7)12/h3-5,12H,2,10H2,1H3. The summed E-state index contributed by atoms with van der Waals surface area (Å²) < 4.78 is 0. The molecule has 0 fully saturated rings. The molecule has 2 N–H and O–H groups in total. The van der Waals surface area contributed by atoms with Crippen LogP contribution in [0.2, 0.25) is 0 Å². The van der Waals surface area contributed by atoms with Crippen LogP contribution < -0.4 is 5.73 Å². The second kappa shape index (κ2) is 3.63. The average molecular weight is 181 g/mol. The highest BCUT2D eigenvalue weighted by molar-refractivity contribution is 7.80. The zero-order valence-corrected chi connectivity index (χ0v) is 7.77. The molecule has 0 radical (unpaired) electrons. The highest BCUT2D eigenvalue weighted by Crippen LogP contribution is 2.18. The summed E-state index contributed by atoms with van der Waals surface area (Å²) in [4.78, 5) is 11.9. The van der Waals surface area contributed by atoms with Crippen molar-refractivity contribution >= 4 is 24.1 Å². The van der Waals surface area contributed by atoms with Gasteiger partial charge in [-0.2, -0.15) is 0 Å². The van der Waals surface area contributed by atoms with E-state index in [-0.39, 0.29) is 5.78 Å². The monoisotopic (exact) mass is 181 g/mol. The number of anilines is 1. The minimum absolute atomic E-state index is 0.0972. The molecular formula is C9H11NOS. The van der Waals surface area contributed by atoms with Crippen LogP contribution in [0.3, 0.4) is 0 Å². The number of ketones is 1. The Morgan fingerprint density at radius 1 is 1.58 bits per heavy atom. The highest BCUT2D eigenvalue weighted by atomic mass is 32.1. The third kappa shape index (κ3) is 1.80. The third-order valence-corrected chi connectivity index (χ3v) is 2.01. The molecule has 1 aromatic rings. The van der Waals surface area contributed by atoms with Crippen LogP contribution in [0, 0.1) is 0 Å². The molecule has 0 heterocycles. The van der Waals surface area contributed by atoms with Crippen molar-refractivity contribution in [3.63, 3.8) is 0 Å². The smallest absolute Gasteiger partial charge is 0.163 e. The van der Waals surface area contributed by atoms with Gasteiger partial charge in [0.25, 0.3) is 0 Å². The summed E-state index contributed by atoms with van der Waals surface area (Å²) in [5, 5.41) is 0. The van der Waals surface area contributed by atoms with Crippen LogP contribution in [0.25, 0.3) is 0 Å². The van der Waals surface area contributed by atoms with E-state index in [2.05, 4.69) is 12.6 Å². The van der Waals surface area contributed by atoms with E-state index in [0.717, 1.165) is 0 Å². The predicted octanol–water partition coefficient (Wildman–Crippen LogP) is 2.15. The quantitative estimate of drug-likeness (QED) is 0.417. The Hall–Kier alpha value is -0.960. The SMILES string of the molecule is CCC(=O)c1ccc(N)cc1S. The first-order valence-corrected chi connectivity index (χ1v) is 4.21. The number of Topliss-reactive ketones (excluding diaryl/α,β-unsaturated/α-hetero) is 1. The first kappa shape index (κ1) is 9.13. The van der Waals surface area contributed by atoms with Gasteiger partial charge in [-0.3, -0.25) is 4.79 Å². The van der Waals surface area contributed by atoms with E-state index in [1.54, 1.807) is 18.2 Å². The summed E-state index contributed by atoms with van der Waals surface area (Å²) in [5.41, 5.74) is 6.79. The molecule has 0 unspecified atom stereocenters. The van der Waals surface area contributed by atoms with Crippen LogP contribution in [0.15, 0.2) is 23.1 Å². The lowest BCUT2D eigenvalue weighted by molar-refractivity contribution is 0.0985. The van der Waals surface area contributed by atoms with E-state index in [4.69, 9.17) is 5.73 Å². The molecular weight excluding hydrogens is 170 g/mol. The number of nitrogen functional groups attached to an aromatic ring is 1. The highest BCUT2D eigenvalue weighted by Gasteiger charge is 2.06. The Labute approximate surface area is 77.2 Å². The van der Waals surface area contributed by atoms with Gasteiger partial charge in [0.2, 0.25) is 0 Å². The van der Waals surface area contributed by atoms with Gasteiger partial charge in [0, 0.05) is 22.6 Å². The summed E-state index contributed by atoms with van der Waals surface area (Å²) in [6.07, 6.45) is 0.497. The number of thiol groups is 1. The molecule has 0 aliphatic rings. The van der Waals surface area contributed by atoms with Crippen molar-refractivity contribution < 1.29 is 4.79 Å². The molecule has 0 amide bonds. The topological polar surface area (TPSA) is 43.1 Å². The summed E-state index contributed by atoms with van der Waals surface area (Å²) in [5.74, 6) is 0.0972. The average Bonchev–Trinajstić information content (AvgIpc) is 2.03. The largest absolute Gasteiger partial charge is 0.399 e. The molecule has 0 saturated heterocycles. The fourth-order valence-electron chi connectivity index (χ4n) is 0.975. The minimum atomic E-state index is 0.0972. The molecule has 0 spiro atoms. The molecule has 0 aliphatic carbocycles. The van der Waals surface area contributed by atoms with Crippen LogP contribution >= 0.6 is 12.6 Å². The van der Waals surface area contributed by atoms with E-state index in [1.807, 2.05) is 6.92 Å². The number of benzene rings is 1.